The average Bonchev–Trinajstić information content (AvgIpc) is 2.99. The molecule has 1 aliphatic rings. The first-order valence-electron chi connectivity index (χ1n) is 14.7. The lowest BCUT2D eigenvalue weighted by Gasteiger charge is -2.33. The molecule has 0 saturated heterocycles. The fraction of sp³-hybridized carbons (Fsp3) is 0.394. The summed E-state index contributed by atoms with van der Waals surface area (Å²) in [5, 5.41) is 3.10. The molecule has 0 spiro atoms. The highest BCUT2D eigenvalue weighted by Gasteiger charge is 2.33. The standard InChI is InChI=1S/C33H40FN3O5S/c1-4-42-30-17-15-29(16-18-30)37(43(40,41)31-19-13-27(34)14-20-31)23-32(38)36(22-26-10-8-9-24(2)21-26)25(3)33(39)35-28-11-6-5-7-12-28/h8-10,13-21,25,28H,4-7,11-12,22-23H2,1-3H3,(H,35,39)/t25-/m1/s1. The number of carbonyl (C=O) groups excluding carboxylic acids is 2. The summed E-state index contributed by atoms with van der Waals surface area (Å²) in [6, 6.07) is 17.7. The van der Waals surface area contributed by atoms with Crippen molar-refractivity contribution in [3.63, 3.8) is 0 Å². The Morgan fingerprint density at radius 2 is 1.67 bits per heavy atom. The van der Waals surface area contributed by atoms with Crippen LogP contribution in [0, 0.1) is 12.7 Å². The summed E-state index contributed by atoms with van der Waals surface area (Å²) < 4.78 is 48.0. The molecule has 2 amide bonds. The number of nitrogens with one attached hydrogen (secondary N) is 1. The van der Waals surface area contributed by atoms with Crippen LogP contribution in [0.25, 0.3) is 0 Å². The third-order valence-corrected chi connectivity index (χ3v) is 9.46. The zero-order valence-corrected chi connectivity index (χ0v) is 25.8. The fourth-order valence-corrected chi connectivity index (χ4v) is 6.71. The van der Waals surface area contributed by atoms with E-state index in [9.17, 15) is 22.4 Å². The van der Waals surface area contributed by atoms with Gasteiger partial charge in [-0.1, -0.05) is 49.1 Å². The van der Waals surface area contributed by atoms with Crippen LogP contribution >= 0.6 is 0 Å². The van der Waals surface area contributed by atoms with Crippen LogP contribution in [0.15, 0.2) is 77.7 Å². The number of sulfonamides is 1. The first-order valence-corrected chi connectivity index (χ1v) is 16.2. The minimum atomic E-state index is -4.30. The largest absolute Gasteiger partial charge is 0.494 e. The second-order valence-corrected chi connectivity index (χ2v) is 12.8. The molecular weight excluding hydrogens is 569 g/mol. The van der Waals surface area contributed by atoms with Gasteiger partial charge in [-0.25, -0.2) is 12.8 Å². The van der Waals surface area contributed by atoms with E-state index in [-0.39, 0.29) is 29.1 Å². The number of nitrogens with zero attached hydrogens (tertiary/aromatic N) is 2. The van der Waals surface area contributed by atoms with Gasteiger partial charge in [0.1, 0.15) is 24.2 Å². The van der Waals surface area contributed by atoms with Crippen LogP contribution in [0.5, 0.6) is 5.75 Å². The molecule has 3 aromatic carbocycles. The zero-order chi connectivity index (χ0) is 31.0. The van der Waals surface area contributed by atoms with Gasteiger partial charge in [-0.15, -0.1) is 0 Å². The fourth-order valence-electron chi connectivity index (χ4n) is 5.30. The van der Waals surface area contributed by atoms with Gasteiger partial charge in [-0.3, -0.25) is 13.9 Å². The Balaban J connectivity index is 1.68. The maximum Gasteiger partial charge on any atom is 0.264 e. The summed E-state index contributed by atoms with van der Waals surface area (Å²) in [5.74, 6) is -0.857. The molecule has 1 aliphatic carbocycles. The number of anilines is 1. The minimum absolute atomic E-state index is 0.0545. The lowest BCUT2D eigenvalue weighted by atomic mass is 9.95. The normalized spacial score (nSPS) is 14.5. The number of amides is 2. The lowest BCUT2D eigenvalue weighted by molar-refractivity contribution is -0.139. The van der Waals surface area contributed by atoms with Crippen LogP contribution in [0.3, 0.4) is 0 Å². The maximum atomic E-state index is 14.1. The molecule has 10 heteroatoms. The van der Waals surface area contributed by atoms with E-state index >= 15 is 0 Å². The Kier molecular flexibility index (Phi) is 10.8. The molecule has 0 unspecified atom stereocenters. The predicted octanol–water partition coefficient (Wildman–Crippen LogP) is 5.59. The van der Waals surface area contributed by atoms with Gasteiger partial charge in [0.05, 0.1) is 17.2 Å². The van der Waals surface area contributed by atoms with Crippen molar-refractivity contribution in [1.82, 2.24) is 10.2 Å². The van der Waals surface area contributed by atoms with Gasteiger partial charge in [0.15, 0.2) is 0 Å². The molecule has 1 fully saturated rings. The molecule has 3 aromatic rings. The van der Waals surface area contributed by atoms with Gasteiger partial charge in [0, 0.05) is 12.6 Å². The Labute approximate surface area is 253 Å². The van der Waals surface area contributed by atoms with Crippen molar-refractivity contribution in [2.75, 3.05) is 17.5 Å². The number of benzene rings is 3. The zero-order valence-electron chi connectivity index (χ0n) is 25.0. The van der Waals surface area contributed by atoms with Crippen molar-refractivity contribution in [1.29, 1.82) is 0 Å². The van der Waals surface area contributed by atoms with Crippen molar-refractivity contribution in [2.45, 2.75) is 76.4 Å². The van der Waals surface area contributed by atoms with Crippen molar-refractivity contribution in [2.24, 2.45) is 0 Å². The van der Waals surface area contributed by atoms with E-state index in [0.29, 0.717) is 12.4 Å². The van der Waals surface area contributed by atoms with Gasteiger partial charge in [0.2, 0.25) is 11.8 Å². The predicted molar refractivity (Wildman–Crippen MR) is 165 cm³/mol. The van der Waals surface area contributed by atoms with Crippen molar-refractivity contribution < 1.29 is 27.1 Å². The van der Waals surface area contributed by atoms with E-state index in [1.807, 2.05) is 38.1 Å². The number of ether oxygens (including phenoxy) is 1. The molecule has 0 bridgehead atoms. The van der Waals surface area contributed by atoms with Crippen LogP contribution in [0.2, 0.25) is 0 Å². The highest BCUT2D eigenvalue weighted by molar-refractivity contribution is 7.92. The topological polar surface area (TPSA) is 96.0 Å². The van der Waals surface area contributed by atoms with E-state index in [0.717, 1.165) is 59.7 Å². The average molecular weight is 610 g/mol. The second kappa shape index (κ2) is 14.5. The third-order valence-electron chi connectivity index (χ3n) is 7.67. The van der Waals surface area contributed by atoms with E-state index < -0.39 is 34.3 Å². The monoisotopic (exact) mass is 609 g/mol. The van der Waals surface area contributed by atoms with E-state index in [4.69, 9.17) is 4.74 Å². The first-order chi connectivity index (χ1) is 20.6. The molecule has 1 atom stereocenters. The van der Waals surface area contributed by atoms with Crippen LogP contribution in [0.4, 0.5) is 10.1 Å². The molecule has 1 N–H and O–H groups in total. The number of halogens is 1. The molecule has 4 rings (SSSR count). The summed E-state index contributed by atoms with van der Waals surface area (Å²) in [7, 11) is -4.30. The van der Waals surface area contributed by atoms with Crippen molar-refractivity contribution in [3.05, 3.63) is 89.7 Å². The molecule has 43 heavy (non-hydrogen) atoms. The van der Waals surface area contributed by atoms with Crippen LogP contribution in [-0.2, 0) is 26.2 Å². The van der Waals surface area contributed by atoms with Gasteiger partial charge in [0.25, 0.3) is 10.0 Å². The molecular formula is C33H40FN3O5S. The Hall–Kier alpha value is -3.92. The smallest absolute Gasteiger partial charge is 0.264 e. The van der Waals surface area contributed by atoms with Crippen molar-refractivity contribution in [3.8, 4) is 5.75 Å². The lowest BCUT2D eigenvalue weighted by Crippen LogP contribution is -2.53. The Bertz CT molecular complexity index is 1490. The van der Waals surface area contributed by atoms with Gasteiger partial charge in [-0.2, -0.15) is 0 Å². The molecule has 1 saturated carbocycles. The molecule has 0 aromatic heterocycles. The van der Waals surface area contributed by atoms with Gasteiger partial charge in [-0.05, 0) is 87.7 Å². The summed E-state index contributed by atoms with van der Waals surface area (Å²) >= 11 is 0. The highest BCUT2D eigenvalue weighted by Crippen LogP contribution is 2.27. The van der Waals surface area contributed by atoms with Crippen LogP contribution < -0.4 is 14.4 Å². The van der Waals surface area contributed by atoms with E-state index in [2.05, 4.69) is 5.32 Å². The number of carbonyl (C=O) groups is 2. The van der Waals surface area contributed by atoms with E-state index in [1.54, 1.807) is 31.2 Å². The van der Waals surface area contributed by atoms with Gasteiger partial charge < -0.3 is 15.0 Å². The minimum Gasteiger partial charge on any atom is -0.494 e. The molecule has 230 valence electrons. The number of hydrogen-bond donors (Lipinski definition) is 1. The summed E-state index contributed by atoms with van der Waals surface area (Å²) in [5.41, 5.74) is 2.05. The molecule has 8 nitrogen and oxygen atoms in total. The van der Waals surface area contributed by atoms with Gasteiger partial charge >= 0.3 is 0 Å². The van der Waals surface area contributed by atoms with Crippen LogP contribution in [-0.4, -0.2) is 50.4 Å². The maximum absolute atomic E-state index is 14.1. The summed E-state index contributed by atoms with van der Waals surface area (Å²) in [4.78, 5) is 28.8. The summed E-state index contributed by atoms with van der Waals surface area (Å²) in [6.07, 6.45) is 5.02. The second-order valence-electron chi connectivity index (χ2n) is 10.9. The Morgan fingerprint density at radius 1 is 1.00 bits per heavy atom. The molecule has 0 aliphatic heterocycles. The Morgan fingerprint density at radius 3 is 2.30 bits per heavy atom. The summed E-state index contributed by atoms with van der Waals surface area (Å²) in [6.45, 7) is 5.43. The van der Waals surface area contributed by atoms with Crippen molar-refractivity contribution >= 4 is 27.5 Å². The van der Waals surface area contributed by atoms with E-state index in [1.165, 1.54) is 17.0 Å². The highest BCUT2D eigenvalue weighted by atomic mass is 32.2. The quantitative estimate of drug-likeness (QED) is 0.289. The molecule has 0 heterocycles. The third kappa shape index (κ3) is 8.34. The molecule has 0 radical (unpaired) electrons. The number of rotatable bonds is 12. The van der Waals surface area contributed by atoms with Crippen LogP contribution in [0.1, 0.15) is 57.1 Å². The number of hydrogen-bond acceptors (Lipinski definition) is 5. The SMILES string of the molecule is CCOc1ccc(N(CC(=O)N(Cc2cccc(C)c2)[C@H](C)C(=O)NC2CCCCC2)S(=O)(=O)c2ccc(F)cc2)cc1. The first kappa shape index (κ1) is 32.0. The number of aryl methyl sites for hydroxylation is 1.